The summed E-state index contributed by atoms with van der Waals surface area (Å²) in [5.74, 6) is 0.744. The topological polar surface area (TPSA) is 41.3 Å². The van der Waals surface area contributed by atoms with E-state index in [1.54, 1.807) is 18.3 Å². The summed E-state index contributed by atoms with van der Waals surface area (Å²) in [5.41, 5.74) is 0.746. The number of imidazole rings is 1. The minimum atomic E-state index is -0.595. The molecule has 0 bridgehead atoms. The number of hydrogen-bond acceptors (Lipinski definition) is 3. The van der Waals surface area contributed by atoms with E-state index in [1.807, 2.05) is 6.20 Å². The maximum atomic E-state index is 12.8. The van der Waals surface area contributed by atoms with Gasteiger partial charge in [-0.05, 0) is 17.7 Å². The zero-order valence-corrected chi connectivity index (χ0v) is 10.5. The van der Waals surface area contributed by atoms with E-state index < -0.39 is 6.10 Å². The number of rotatable bonds is 3. The van der Waals surface area contributed by atoms with Gasteiger partial charge >= 0.3 is 0 Å². The highest BCUT2D eigenvalue weighted by molar-refractivity contribution is 5.18. The molecule has 3 rings (SSSR count). The van der Waals surface area contributed by atoms with Crippen LogP contribution >= 0.6 is 0 Å². The minimum absolute atomic E-state index is 0.282. The number of aliphatic hydroxyl groups is 1. The van der Waals surface area contributed by atoms with Crippen molar-refractivity contribution in [2.45, 2.75) is 19.2 Å². The number of halogens is 1. The van der Waals surface area contributed by atoms with E-state index in [4.69, 9.17) is 0 Å². The van der Waals surface area contributed by atoms with Crippen LogP contribution in [0.15, 0.2) is 36.7 Å². The van der Waals surface area contributed by atoms with Gasteiger partial charge in [-0.15, -0.1) is 0 Å². The molecule has 0 saturated carbocycles. The van der Waals surface area contributed by atoms with E-state index in [0.29, 0.717) is 6.54 Å². The van der Waals surface area contributed by atoms with Crippen LogP contribution in [0.1, 0.15) is 17.5 Å². The van der Waals surface area contributed by atoms with Crippen LogP contribution < -0.4 is 0 Å². The second-order valence-corrected chi connectivity index (χ2v) is 4.84. The van der Waals surface area contributed by atoms with Crippen molar-refractivity contribution in [3.05, 3.63) is 53.9 Å². The van der Waals surface area contributed by atoms with Crippen molar-refractivity contribution in [2.24, 2.45) is 0 Å². The maximum absolute atomic E-state index is 12.8. The Morgan fingerprint density at radius 1 is 1.26 bits per heavy atom. The molecule has 2 aromatic rings. The quantitative estimate of drug-likeness (QED) is 0.912. The van der Waals surface area contributed by atoms with Crippen molar-refractivity contribution in [1.29, 1.82) is 0 Å². The summed E-state index contributed by atoms with van der Waals surface area (Å²) in [7, 11) is 0. The lowest BCUT2D eigenvalue weighted by Gasteiger charge is -2.29. The second kappa shape index (κ2) is 5.11. The lowest BCUT2D eigenvalue weighted by Crippen LogP contribution is -2.36. The number of aromatic nitrogens is 2. The molecule has 1 N–H and O–H groups in total. The molecule has 0 aliphatic carbocycles. The molecule has 4 nitrogen and oxygen atoms in total. The van der Waals surface area contributed by atoms with Gasteiger partial charge in [-0.2, -0.15) is 0 Å². The first-order valence-electron chi connectivity index (χ1n) is 6.38. The Morgan fingerprint density at radius 3 is 2.84 bits per heavy atom. The van der Waals surface area contributed by atoms with Crippen LogP contribution in [-0.4, -0.2) is 32.6 Å². The van der Waals surface area contributed by atoms with Gasteiger partial charge < -0.3 is 9.67 Å². The number of aliphatic hydroxyl groups excluding tert-OH is 1. The third-order valence-electron chi connectivity index (χ3n) is 3.51. The molecule has 5 heteroatoms. The Morgan fingerprint density at radius 2 is 2.05 bits per heavy atom. The highest BCUT2D eigenvalue weighted by atomic mass is 19.1. The second-order valence-electron chi connectivity index (χ2n) is 4.84. The summed E-state index contributed by atoms with van der Waals surface area (Å²) in [4.78, 5) is 6.45. The number of β-amino-alcohol motifs (C(OH)–C–C–N with tert-alkyl or cyclic N) is 1. The van der Waals surface area contributed by atoms with Crippen LogP contribution in [0, 0.1) is 5.82 Å². The van der Waals surface area contributed by atoms with Crippen molar-refractivity contribution < 1.29 is 9.50 Å². The molecule has 19 heavy (non-hydrogen) atoms. The molecule has 1 aromatic carbocycles. The zero-order chi connectivity index (χ0) is 13.2. The summed E-state index contributed by atoms with van der Waals surface area (Å²) < 4.78 is 15.0. The van der Waals surface area contributed by atoms with Gasteiger partial charge in [0.1, 0.15) is 11.6 Å². The first kappa shape index (κ1) is 12.3. The highest BCUT2D eigenvalue weighted by Gasteiger charge is 2.19. The van der Waals surface area contributed by atoms with E-state index in [9.17, 15) is 9.50 Å². The number of nitrogens with zero attached hydrogens (tertiary/aromatic N) is 3. The normalized spacial score (nSPS) is 17.2. The predicted molar refractivity (Wildman–Crippen MR) is 68.9 cm³/mol. The molecule has 1 aliphatic heterocycles. The van der Waals surface area contributed by atoms with Crippen LogP contribution in [-0.2, 0) is 13.1 Å². The molecular weight excluding hydrogens is 245 g/mol. The van der Waals surface area contributed by atoms with E-state index in [-0.39, 0.29) is 5.82 Å². The van der Waals surface area contributed by atoms with Gasteiger partial charge in [-0.3, -0.25) is 4.90 Å². The summed E-state index contributed by atoms with van der Waals surface area (Å²) in [6.45, 7) is 3.07. The average molecular weight is 261 g/mol. The molecule has 0 saturated heterocycles. The molecule has 1 aromatic heterocycles. The molecule has 0 radical (unpaired) electrons. The van der Waals surface area contributed by atoms with Crippen LogP contribution in [0.5, 0.6) is 0 Å². The summed E-state index contributed by atoms with van der Waals surface area (Å²) in [6.07, 6.45) is 3.18. The number of fused-ring (bicyclic) bond motifs is 1. The van der Waals surface area contributed by atoms with Crippen molar-refractivity contribution in [2.75, 3.05) is 13.1 Å². The average Bonchev–Trinajstić information content (AvgIpc) is 2.87. The monoisotopic (exact) mass is 261 g/mol. The third-order valence-corrected chi connectivity index (χ3v) is 3.51. The van der Waals surface area contributed by atoms with E-state index in [1.165, 1.54) is 12.1 Å². The van der Waals surface area contributed by atoms with Crippen molar-refractivity contribution in [3.63, 3.8) is 0 Å². The standard InChI is InChI=1S/C14H16FN3O/c15-12-3-1-11(2-4-12)13(19)9-17-7-8-18-6-5-16-14(18)10-17/h1-6,13,19H,7-10H2. The molecule has 0 fully saturated rings. The lowest BCUT2D eigenvalue weighted by atomic mass is 10.1. The van der Waals surface area contributed by atoms with Gasteiger partial charge in [0.25, 0.3) is 0 Å². The molecular formula is C14H16FN3O. The van der Waals surface area contributed by atoms with Crippen LogP contribution in [0.4, 0.5) is 4.39 Å². The van der Waals surface area contributed by atoms with Crippen molar-refractivity contribution in [1.82, 2.24) is 14.5 Å². The van der Waals surface area contributed by atoms with Crippen molar-refractivity contribution >= 4 is 0 Å². The van der Waals surface area contributed by atoms with Crippen LogP contribution in [0.2, 0.25) is 0 Å². The Kier molecular flexibility index (Phi) is 3.31. The first-order valence-corrected chi connectivity index (χ1v) is 6.38. The fourth-order valence-corrected chi connectivity index (χ4v) is 2.41. The SMILES string of the molecule is OC(CN1CCn2ccnc2C1)c1ccc(F)cc1. The van der Waals surface area contributed by atoms with Gasteiger partial charge in [-0.25, -0.2) is 9.37 Å². The lowest BCUT2D eigenvalue weighted by molar-refractivity contribution is 0.0962. The summed E-state index contributed by atoms with van der Waals surface area (Å²) >= 11 is 0. The Bertz CT molecular complexity index is 552. The molecule has 1 atom stereocenters. The molecule has 1 aliphatic rings. The van der Waals surface area contributed by atoms with Gasteiger partial charge in [-0.1, -0.05) is 12.1 Å². The number of benzene rings is 1. The van der Waals surface area contributed by atoms with Gasteiger partial charge in [0.2, 0.25) is 0 Å². The number of hydrogen-bond donors (Lipinski definition) is 1. The molecule has 1 unspecified atom stereocenters. The van der Waals surface area contributed by atoms with E-state index in [2.05, 4.69) is 14.5 Å². The fourth-order valence-electron chi connectivity index (χ4n) is 2.41. The van der Waals surface area contributed by atoms with Gasteiger partial charge in [0.15, 0.2) is 0 Å². The third kappa shape index (κ3) is 2.67. The first-order chi connectivity index (χ1) is 9.22. The predicted octanol–water partition coefficient (Wildman–Crippen LogP) is 1.57. The fraction of sp³-hybridized carbons (Fsp3) is 0.357. The summed E-state index contributed by atoms with van der Waals surface area (Å²) in [6, 6.07) is 6.01. The Hall–Kier alpha value is -1.72. The van der Waals surface area contributed by atoms with Crippen LogP contribution in [0.3, 0.4) is 0 Å². The minimum Gasteiger partial charge on any atom is -0.387 e. The van der Waals surface area contributed by atoms with Gasteiger partial charge in [0.05, 0.1) is 12.6 Å². The molecule has 100 valence electrons. The molecule has 2 heterocycles. The Labute approximate surface area is 111 Å². The van der Waals surface area contributed by atoms with Crippen LogP contribution in [0.25, 0.3) is 0 Å². The highest BCUT2D eigenvalue weighted by Crippen LogP contribution is 2.18. The maximum Gasteiger partial charge on any atom is 0.123 e. The van der Waals surface area contributed by atoms with E-state index >= 15 is 0 Å². The van der Waals surface area contributed by atoms with Crippen molar-refractivity contribution in [3.8, 4) is 0 Å². The zero-order valence-electron chi connectivity index (χ0n) is 10.5. The van der Waals surface area contributed by atoms with E-state index in [0.717, 1.165) is 31.0 Å². The molecule has 0 spiro atoms. The van der Waals surface area contributed by atoms with Gasteiger partial charge in [0, 0.05) is 32.0 Å². The summed E-state index contributed by atoms with van der Waals surface area (Å²) in [5, 5.41) is 10.2. The Balaban J connectivity index is 1.64. The largest absolute Gasteiger partial charge is 0.387 e. The molecule has 0 amide bonds. The smallest absolute Gasteiger partial charge is 0.123 e.